The van der Waals surface area contributed by atoms with E-state index in [2.05, 4.69) is 5.32 Å². The average molecular weight is 354 g/mol. The number of carboxylic acid groups (broad SMARTS) is 1. The highest BCUT2D eigenvalue weighted by Gasteiger charge is 2.20. The van der Waals surface area contributed by atoms with Crippen molar-refractivity contribution in [1.82, 2.24) is 4.90 Å². The second-order valence-electron chi connectivity index (χ2n) is 6.27. The summed E-state index contributed by atoms with van der Waals surface area (Å²) in [5.41, 5.74) is 2.56. The molecule has 6 nitrogen and oxygen atoms in total. The fourth-order valence-corrected chi connectivity index (χ4v) is 3.04. The van der Waals surface area contributed by atoms with Crippen LogP contribution in [0.2, 0.25) is 0 Å². The number of hydrogen-bond acceptors (Lipinski definition) is 4. The molecule has 1 aliphatic rings. The molecular formula is C20H22N2O4. The van der Waals surface area contributed by atoms with E-state index in [1.165, 1.54) is 0 Å². The van der Waals surface area contributed by atoms with Crippen LogP contribution in [-0.2, 0) is 6.54 Å². The van der Waals surface area contributed by atoms with Crippen molar-refractivity contribution in [3.63, 3.8) is 0 Å². The first-order valence-corrected chi connectivity index (χ1v) is 8.62. The highest BCUT2D eigenvalue weighted by Crippen LogP contribution is 2.27. The Balaban J connectivity index is 1.74. The first kappa shape index (κ1) is 17.8. The third-order valence-electron chi connectivity index (χ3n) is 4.52. The Hall–Kier alpha value is -3.02. The molecule has 0 saturated carbocycles. The Morgan fingerprint density at radius 2 is 1.73 bits per heavy atom. The second-order valence-corrected chi connectivity index (χ2v) is 6.27. The van der Waals surface area contributed by atoms with Crippen LogP contribution in [0.5, 0.6) is 5.75 Å². The topological polar surface area (TPSA) is 78.9 Å². The molecule has 0 bridgehead atoms. The SMILES string of the molecule is COc1ccc(C(=O)N2CCCC2)cc1NCc1ccc(C(=O)O)cc1. The number of aromatic carboxylic acids is 1. The van der Waals surface area contributed by atoms with E-state index in [-0.39, 0.29) is 11.5 Å². The molecule has 3 rings (SSSR count). The fraction of sp³-hybridized carbons (Fsp3) is 0.300. The number of carbonyl (C=O) groups excluding carboxylic acids is 1. The van der Waals surface area contributed by atoms with E-state index < -0.39 is 5.97 Å². The number of benzene rings is 2. The van der Waals surface area contributed by atoms with Crippen molar-refractivity contribution >= 4 is 17.6 Å². The van der Waals surface area contributed by atoms with Crippen LogP contribution in [0.1, 0.15) is 39.1 Å². The van der Waals surface area contributed by atoms with Gasteiger partial charge in [-0.15, -0.1) is 0 Å². The number of nitrogens with one attached hydrogen (secondary N) is 1. The number of anilines is 1. The third-order valence-corrected chi connectivity index (χ3v) is 4.52. The summed E-state index contributed by atoms with van der Waals surface area (Å²) in [4.78, 5) is 25.4. The Morgan fingerprint density at radius 1 is 1.08 bits per heavy atom. The Bertz CT molecular complexity index is 796. The molecule has 136 valence electrons. The lowest BCUT2D eigenvalue weighted by molar-refractivity contribution is 0.0696. The predicted molar refractivity (Wildman–Crippen MR) is 98.9 cm³/mol. The number of rotatable bonds is 6. The zero-order valence-corrected chi connectivity index (χ0v) is 14.7. The number of hydrogen-bond donors (Lipinski definition) is 2. The van der Waals surface area contributed by atoms with Crippen molar-refractivity contribution in [3.05, 3.63) is 59.2 Å². The summed E-state index contributed by atoms with van der Waals surface area (Å²) in [5, 5.41) is 12.2. The standard InChI is InChI=1S/C20H22N2O4/c1-26-18-9-8-16(19(23)22-10-2-3-11-22)12-17(18)21-13-14-4-6-15(7-5-14)20(24)25/h4-9,12,21H,2-3,10-11,13H2,1H3,(H,24,25). The molecule has 0 aliphatic carbocycles. The van der Waals surface area contributed by atoms with Crippen molar-refractivity contribution in [3.8, 4) is 5.75 Å². The summed E-state index contributed by atoms with van der Waals surface area (Å²) in [7, 11) is 1.59. The van der Waals surface area contributed by atoms with Crippen molar-refractivity contribution < 1.29 is 19.4 Å². The molecule has 1 aliphatic heterocycles. The predicted octanol–water partition coefficient (Wildman–Crippen LogP) is 3.24. The maximum Gasteiger partial charge on any atom is 0.335 e. The van der Waals surface area contributed by atoms with Gasteiger partial charge in [0, 0.05) is 25.2 Å². The number of methoxy groups -OCH3 is 1. The zero-order chi connectivity index (χ0) is 18.5. The summed E-state index contributed by atoms with van der Waals surface area (Å²) < 4.78 is 5.38. The van der Waals surface area contributed by atoms with Crippen molar-refractivity contribution in [2.75, 3.05) is 25.5 Å². The zero-order valence-electron chi connectivity index (χ0n) is 14.7. The molecule has 0 atom stereocenters. The lowest BCUT2D eigenvalue weighted by Gasteiger charge is -2.17. The van der Waals surface area contributed by atoms with Gasteiger partial charge in [0.05, 0.1) is 18.4 Å². The molecule has 0 aromatic heterocycles. The summed E-state index contributed by atoms with van der Waals surface area (Å²) in [6.07, 6.45) is 2.11. The van der Waals surface area contributed by atoms with E-state index in [0.29, 0.717) is 17.9 Å². The molecular weight excluding hydrogens is 332 g/mol. The van der Waals surface area contributed by atoms with Gasteiger partial charge in [-0.05, 0) is 48.7 Å². The van der Waals surface area contributed by atoms with Crippen LogP contribution in [0.25, 0.3) is 0 Å². The van der Waals surface area contributed by atoms with E-state index >= 15 is 0 Å². The van der Waals surface area contributed by atoms with Gasteiger partial charge in [0.25, 0.3) is 5.91 Å². The first-order chi connectivity index (χ1) is 12.6. The minimum Gasteiger partial charge on any atom is -0.495 e. The average Bonchev–Trinajstić information content (AvgIpc) is 3.20. The van der Waals surface area contributed by atoms with Gasteiger partial charge < -0.3 is 20.1 Å². The van der Waals surface area contributed by atoms with Crippen LogP contribution in [0, 0.1) is 0 Å². The molecule has 0 unspecified atom stereocenters. The van der Waals surface area contributed by atoms with E-state index in [9.17, 15) is 9.59 Å². The third kappa shape index (κ3) is 3.96. The van der Waals surface area contributed by atoms with Crippen LogP contribution >= 0.6 is 0 Å². The molecule has 0 radical (unpaired) electrons. The minimum absolute atomic E-state index is 0.0408. The minimum atomic E-state index is -0.945. The Labute approximate surface area is 152 Å². The molecule has 26 heavy (non-hydrogen) atoms. The smallest absolute Gasteiger partial charge is 0.335 e. The van der Waals surface area contributed by atoms with Crippen molar-refractivity contribution in [2.24, 2.45) is 0 Å². The molecule has 2 aromatic rings. The van der Waals surface area contributed by atoms with Crippen LogP contribution in [0.3, 0.4) is 0 Å². The molecule has 1 heterocycles. The molecule has 1 amide bonds. The van der Waals surface area contributed by atoms with Gasteiger partial charge in [0.1, 0.15) is 5.75 Å². The maximum atomic E-state index is 12.6. The Morgan fingerprint density at radius 3 is 2.35 bits per heavy atom. The van der Waals surface area contributed by atoms with Crippen LogP contribution < -0.4 is 10.1 Å². The number of carbonyl (C=O) groups is 2. The second kappa shape index (κ2) is 7.91. The van der Waals surface area contributed by atoms with Gasteiger partial charge in [-0.1, -0.05) is 12.1 Å². The van der Waals surface area contributed by atoms with Gasteiger partial charge in [-0.25, -0.2) is 4.79 Å². The highest BCUT2D eigenvalue weighted by molar-refractivity contribution is 5.95. The number of amides is 1. The van der Waals surface area contributed by atoms with Crippen LogP contribution in [0.4, 0.5) is 5.69 Å². The van der Waals surface area contributed by atoms with E-state index in [1.54, 1.807) is 43.5 Å². The summed E-state index contributed by atoms with van der Waals surface area (Å²) in [5.74, 6) is -0.247. The molecule has 1 fully saturated rings. The van der Waals surface area contributed by atoms with E-state index in [0.717, 1.165) is 37.2 Å². The number of carboxylic acids is 1. The van der Waals surface area contributed by atoms with Crippen LogP contribution in [-0.4, -0.2) is 42.1 Å². The van der Waals surface area contributed by atoms with E-state index in [4.69, 9.17) is 9.84 Å². The summed E-state index contributed by atoms with van der Waals surface area (Å²) >= 11 is 0. The lowest BCUT2D eigenvalue weighted by atomic mass is 10.1. The highest BCUT2D eigenvalue weighted by atomic mass is 16.5. The quantitative estimate of drug-likeness (QED) is 0.833. The van der Waals surface area contributed by atoms with Crippen LogP contribution in [0.15, 0.2) is 42.5 Å². The van der Waals surface area contributed by atoms with Gasteiger partial charge in [0.2, 0.25) is 0 Å². The molecule has 0 spiro atoms. The van der Waals surface area contributed by atoms with Gasteiger partial charge in [0.15, 0.2) is 0 Å². The molecule has 6 heteroatoms. The molecule has 2 aromatic carbocycles. The van der Waals surface area contributed by atoms with Gasteiger partial charge in [-0.2, -0.15) is 0 Å². The van der Waals surface area contributed by atoms with Gasteiger partial charge >= 0.3 is 5.97 Å². The maximum absolute atomic E-state index is 12.6. The van der Waals surface area contributed by atoms with E-state index in [1.807, 2.05) is 11.0 Å². The number of nitrogens with zero attached hydrogens (tertiary/aromatic N) is 1. The number of likely N-dealkylation sites (tertiary alicyclic amines) is 1. The van der Waals surface area contributed by atoms with Crippen molar-refractivity contribution in [2.45, 2.75) is 19.4 Å². The molecule has 1 saturated heterocycles. The molecule has 2 N–H and O–H groups in total. The largest absolute Gasteiger partial charge is 0.495 e. The lowest BCUT2D eigenvalue weighted by Crippen LogP contribution is -2.27. The monoisotopic (exact) mass is 354 g/mol. The summed E-state index contributed by atoms with van der Waals surface area (Å²) in [6.45, 7) is 2.12. The Kier molecular flexibility index (Phi) is 5.41. The summed E-state index contributed by atoms with van der Waals surface area (Å²) in [6, 6.07) is 12.1. The number of ether oxygens (including phenoxy) is 1. The van der Waals surface area contributed by atoms with Gasteiger partial charge in [-0.3, -0.25) is 4.79 Å². The normalized spacial score (nSPS) is 13.5. The first-order valence-electron chi connectivity index (χ1n) is 8.62. The van der Waals surface area contributed by atoms with Crippen molar-refractivity contribution in [1.29, 1.82) is 0 Å². The fourth-order valence-electron chi connectivity index (χ4n) is 3.04.